The molecule has 0 spiro atoms. The first kappa shape index (κ1) is 54.0. The molecule has 0 aliphatic carbocycles. The Morgan fingerprint density at radius 2 is 1.73 bits per heavy atom. The van der Waals surface area contributed by atoms with Gasteiger partial charge in [0.2, 0.25) is 0 Å². The van der Waals surface area contributed by atoms with Gasteiger partial charge in [0.25, 0.3) is 0 Å². The van der Waals surface area contributed by atoms with Crippen LogP contribution in [-0.2, 0) is 57.8 Å². The largest absolute Gasteiger partial charge is 0.472 e. The molecule has 2 aliphatic heterocycles. The Morgan fingerprint density at radius 1 is 1.00 bits per heavy atom. The van der Waals surface area contributed by atoms with Crippen LogP contribution in [0.4, 0.5) is 26.9 Å². The van der Waals surface area contributed by atoms with E-state index >= 15 is 0 Å². The van der Waals surface area contributed by atoms with Crippen molar-refractivity contribution in [3.05, 3.63) is 75.7 Å². The minimum Gasteiger partial charge on any atom is -0.455 e. The molecular formula is C38H51N13O18P2. The number of hydrogen-bond acceptors (Lipinski definition) is 22. The number of carbonyl (C=O) groups is 3. The molecule has 9 atom stereocenters. The van der Waals surface area contributed by atoms with Gasteiger partial charge in [-0.15, -0.1) is 0 Å². The van der Waals surface area contributed by atoms with Gasteiger partial charge in [-0.2, -0.15) is 4.98 Å². The highest BCUT2D eigenvalue weighted by atomic mass is 31.2. The van der Waals surface area contributed by atoms with E-state index in [1.165, 1.54) is 23.2 Å². The average molecular weight is 1040 g/mol. The quantitative estimate of drug-likeness (QED) is 0.0113. The van der Waals surface area contributed by atoms with Crippen LogP contribution in [-0.4, -0.2) is 129 Å². The Balaban J connectivity index is 1.15. The van der Waals surface area contributed by atoms with Crippen molar-refractivity contribution in [1.82, 2.24) is 39.7 Å². The zero-order chi connectivity index (χ0) is 51.7. The van der Waals surface area contributed by atoms with Crippen LogP contribution >= 0.6 is 15.6 Å². The first-order chi connectivity index (χ1) is 33.5. The number of nitrogens with one attached hydrogen (secondary N) is 2. The number of imidazole rings is 1. The van der Waals surface area contributed by atoms with E-state index in [0.717, 1.165) is 10.9 Å². The molecule has 4 aromatic rings. The molecule has 0 bridgehead atoms. The normalized spacial score (nSPS) is 22.5. The third-order valence-electron chi connectivity index (χ3n) is 10.3. The summed E-state index contributed by atoms with van der Waals surface area (Å²) in [4.78, 5) is 100. The summed E-state index contributed by atoms with van der Waals surface area (Å²) in [5, 5.41) is 20.3. The molecular weight excluding hydrogens is 988 g/mol. The number of fused-ring (bicyclic) bond motifs is 1. The van der Waals surface area contributed by atoms with Gasteiger partial charge in [-0.3, -0.25) is 22.7 Å². The number of aliphatic hydroxyl groups is 1. The molecule has 1 unspecified atom stereocenters. The summed E-state index contributed by atoms with van der Waals surface area (Å²) in [7, 11) is -10.4. The lowest BCUT2D eigenvalue weighted by Crippen LogP contribution is -2.47. The van der Waals surface area contributed by atoms with Gasteiger partial charge in [0.15, 0.2) is 23.8 Å². The average Bonchev–Trinajstić information content (AvgIpc) is 3.98. The van der Waals surface area contributed by atoms with Crippen LogP contribution < -0.4 is 27.8 Å². The number of rotatable bonds is 21. The molecule has 71 heavy (non-hydrogen) atoms. The number of alkyl carbamates (subject to hydrolysis) is 2. The SMILES string of the molecule is CC(C)(C)OC(=O)N[C@H](CCCCNC(=O)OCc1ccc(N=[N+]=[N-])cc1)C(=O)O[C@H]1[C@@H](O)[C@H](n2cnc3c(N)ncnc32)O[C@H]1COP(=O)(O)O[C@H]1C[C@H](n2ccc(N)nc2=O)O[C@@H]1COP(=O)(O)O. The molecule has 31 nitrogen and oxygen atoms in total. The highest BCUT2D eigenvalue weighted by Crippen LogP contribution is 2.50. The molecule has 10 N–H and O–H groups in total. The number of carbonyl (C=O) groups excluding carboxylic acids is 3. The van der Waals surface area contributed by atoms with E-state index in [4.69, 9.17) is 49.7 Å². The van der Waals surface area contributed by atoms with Crippen molar-refractivity contribution in [1.29, 1.82) is 0 Å². The summed E-state index contributed by atoms with van der Waals surface area (Å²) >= 11 is 0. The summed E-state index contributed by atoms with van der Waals surface area (Å²) in [6, 6.07) is 6.16. The van der Waals surface area contributed by atoms with Crippen molar-refractivity contribution in [3.63, 3.8) is 0 Å². The predicted octanol–water partition coefficient (Wildman–Crippen LogP) is 2.25. The number of anilines is 2. The van der Waals surface area contributed by atoms with Gasteiger partial charge >= 0.3 is 39.5 Å². The van der Waals surface area contributed by atoms with E-state index in [9.17, 15) is 48.1 Å². The van der Waals surface area contributed by atoms with Crippen LogP contribution in [0.3, 0.4) is 0 Å². The van der Waals surface area contributed by atoms with Crippen molar-refractivity contribution in [2.24, 2.45) is 5.11 Å². The Bertz CT molecular complexity index is 2730. The molecule has 0 radical (unpaired) electrons. The summed E-state index contributed by atoms with van der Waals surface area (Å²) in [6.45, 7) is 2.95. The lowest BCUT2D eigenvalue weighted by molar-refractivity contribution is -0.159. The highest BCUT2D eigenvalue weighted by molar-refractivity contribution is 7.47. The maximum Gasteiger partial charge on any atom is 0.472 e. The fourth-order valence-electron chi connectivity index (χ4n) is 7.09. The van der Waals surface area contributed by atoms with Crippen molar-refractivity contribution >= 4 is 62.3 Å². The number of phosphoric acid groups is 2. The highest BCUT2D eigenvalue weighted by Gasteiger charge is 2.50. The lowest BCUT2D eigenvalue weighted by Gasteiger charge is -2.26. The fourth-order valence-corrected chi connectivity index (χ4v) is 8.39. The van der Waals surface area contributed by atoms with Crippen LogP contribution in [0.1, 0.15) is 64.5 Å². The first-order valence-electron chi connectivity index (χ1n) is 21.4. The molecule has 2 fully saturated rings. The number of nitrogens with zero attached hydrogens (tertiary/aromatic N) is 9. The number of esters is 1. The fraction of sp³-hybridized carbons (Fsp3) is 0.526. The van der Waals surface area contributed by atoms with Crippen LogP contribution in [0.15, 0.2) is 59.1 Å². The van der Waals surface area contributed by atoms with E-state index in [2.05, 4.69) is 45.1 Å². The van der Waals surface area contributed by atoms with Gasteiger partial charge in [-0.1, -0.05) is 29.4 Å². The monoisotopic (exact) mass is 1040 g/mol. The Kier molecular flexibility index (Phi) is 17.7. The Morgan fingerprint density at radius 3 is 2.42 bits per heavy atom. The van der Waals surface area contributed by atoms with Crippen LogP contribution in [0.2, 0.25) is 0 Å². The van der Waals surface area contributed by atoms with E-state index in [0.29, 0.717) is 11.3 Å². The molecule has 5 heterocycles. The van der Waals surface area contributed by atoms with Crippen molar-refractivity contribution in [2.45, 2.75) is 108 Å². The number of amides is 2. The minimum absolute atomic E-state index is 0.0269. The van der Waals surface area contributed by atoms with Crippen LogP contribution in [0.25, 0.3) is 21.6 Å². The van der Waals surface area contributed by atoms with Crippen molar-refractivity contribution in [3.8, 4) is 0 Å². The summed E-state index contributed by atoms with van der Waals surface area (Å²) < 4.78 is 70.9. The van der Waals surface area contributed by atoms with Gasteiger partial charge < -0.3 is 65.6 Å². The third-order valence-corrected chi connectivity index (χ3v) is 11.8. The molecule has 1 aromatic carbocycles. The second kappa shape index (κ2) is 23.3. The zero-order valence-corrected chi connectivity index (χ0v) is 39.8. The number of benzene rings is 1. The van der Waals surface area contributed by atoms with E-state index in [1.54, 1.807) is 45.0 Å². The van der Waals surface area contributed by atoms with Crippen LogP contribution in [0.5, 0.6) is 0 Å². The number of nitrogens with two attached hydrogens (primary N) is 2. The van der Waals surface area contributed by atoms with Gasteiger partial charge in [0.1, 0.15) is 66.6 Å². The molecule has 3 aromatic heterocycles. The molecule has 2 saturated heterocycles. The van der Waals surface area contributed by atoms with Crippen LogP contribution in [0, 0.1) is 0 Å². The Hall–Kier alpha value is -6.33. The van der Waals surface area contributed by atoms with Gasteiger partial charge in [0, 0.05) is 29.8 Å². The molecule has 33 heteroatoms. The first-order valence-corrected chi connectivity index (χ1v) is 24.4. The number of ether oxygens (including phenoxy) is 5. The Labute approximate surface area is 401 Å². The number of unbranched alkanes of at least 4 members (excludes halogenated alkanes) is 1. The maximum absolute atomic E-state index is 14.1. The van der Waals surface area contributed by atoms with E-state index in [-0.39, 0.29) is 61.6 Å². The van der Waals surface area contributed by atoms with Gasteiger partial charge in [-0.25, -0.2) is 43.3 Å². The molecule has 2 aliphatic rings. The number of nitrogen functional groups attached to an aromatic ring is 2. The number of azide groups is 1. The summed E-state index contributed by atoms with van der Waals surface area (Å²) in [5.41, 5.74) is 19.4. The number of phosphoric ester groups is 2. The number of aliphatic hydroxyl groups excluding tert-OH is 1. The standard InChI is InChI=1S/C38H51N13O18P2/c1-38(2,3)68-37(56)46-22(6-4-5-12-42-36(55)62-15-20-7-9-21(10-8-20)48-49-41)34(53)67-30-25(66-33(29(30)52)51-19-45-28-31(40)43-18-44-32(28)51)17-64-71(60,61)69-23-14-27(50-13-11-26(39)47-35(50)54)65-24(23)16-63-70(57,58)59/h7-11,13,18-19,22-25,27,29-30,33,52H,4-6,12,14-17H2,1-3H3,(H,42,55)(H,46,56)(H,60,61)(H2,39,47,54)(H2,40,43,44)(H2,57,58,59)/t22-,23+,24-,25+,27-,29-,30-,33-/m1/s1. The van der Waals surface area contributed by atoms with Gasteiger partial charge in [-0.05, 0) is 57.2 Å². The van der Waals surface area contributed by atoms with Crippen molar-refractivity contribution < 1.29 is 80.6 Å². The maximum atomic E-state index is 14.1. The van der Waals surface area contributed by atoms with Gasteiger partial charge in [0.05, 0.1) is 19.5 Å². The zero-order valence-electron chi connectivity index (χ0n) is 38.0. The second-order valence-electron chi connectivity index (χ2n) is 16.7. The molecule has 0 saturated carbocycles. The number of aromatic nitrogens is 6. The second-order valence-corrected chi connectivity index (χ2v) is 19.3. The van der Waals surface area contributed by atoms with Crippen molar-refractivity contribution in [2.75, 3.05) is 31.2 Å². The molecule has 386 valence electrons. The van der Waals surface area contributed by atoms with E-state index < -0.39 is 107 Å². The predicted molar refractivity (Wildman–Crippen MR) is 240 cm³/mol. The molecule has 6 rings (SSSR count). The lowest BCUT2D eigenvalue weighted by atomic mass is 10.1. The number of hydrogen-bond donors (Lipinski definition) is 8. The summed E-state index contributed by atoms with van der Waals surface area (Å²) in [5.74, 6) is -1.27. The summed E-state index contributed by atoms with van der Waals surface area (Å²) in [6.07, 6.45) is -9.11. The topological polar surface area (TPSA) is 443 Å². The van der Waals surface area contributed by atoms with E-state index in [1.807, 2.05) is 0 Å². The third kappa shape index (κ3) is 15.3. The molecule has 2 amide bonds. The minimum atomic E-state index is -5.29. The smallest absolute Gasteiger partial charge is 0.455 e.